The summed E-state index contributed by atoms with van der Waals surface area (Å²) in [5.74, 6) is -1.79. The molecular weight excluding hydrogens is 256 g/mol. The van der Waals surface area contributed by atoms with Crippen LogP contribution in [0, 0.1) is 0 Å². The Balaban J connectivity index is 2.47. The predicted molar refractivity (Wildman–Crippen MR) is 64.9 cm³/mol. The van der Waals surface area contributed by atoms with E-state index < -0.39 is 5.97 Å². The predicted octanol–water partition coefficient (Wildman–Crippen LogP) is 1.62. The van der Waals surface area contributed by atoms with Crippen molar-refractivity contribution in [2.24, 2.45) is 0 Å². The van der Waals surface area contributed by atoms with Crippen molar-refractivity contribution in [2.75, 3.05) is 4.90 Å². The van der Waals surface area contributed by atoms with E-state index in [-0.39, 0.29) is 41.4 Å². The standard InChI is InChI=1S/C11H12N2O4S/c1-5(2)9-8(10(16)17)12-11(18-9)13-6(14)3-4-7(13)15/h5H,3-4H2,1-2H3,(H,16,17). The van der Waals surface area contributed by atoms with Gasteiger partial charge in [0.15, 0.2) is 10.8 Å². The van der Waals surface area contributed by atoms with Crippen LogP contribution in [0.15, 0.2) is 0 Å². The molecule has 1 aromatic rings. The number of carboxylic acid groups (broad SMARTS) is 1. The maximum atomic E-state index is 11.6. The summed E-state index contributed by atoms with van der Waals surface area (Å²) in [4.78, 5) is 39.7. The number of aromatic nitrogens is 1. The molecule has 18 heavy (non-hydrogen) atoms. The maximum absolute atomic E-state index is 11.6. The van der Waals surface area contributed by atoms with E-state index in [0.29, 0.717) is 4.88 Å². The largest absolute Gasteiger partial charge is 0.476 e. The SMILES string of the molecule is CC(C)c1sc(N2C(=O)CCC2=O)nc1C(=O)O. The molecule has 0 saturated carbocycles. The molecule has 7 heteroatoms. The zero-order valence-corrected chi connectivity index (χ0v) is 10.8. The minimum atomic E-state index is -1.14. The Labute approximate surface area is 107 Å². The first-order chi connectivity index (χ1) is 8.41. The molecule has 6 nitrogen and oxygen atoms in total. The Morgan fingerprint density at radius 3 is 2.28 bits per heavy atom. The molecule has 0 radical (unpaired) electrons. The number of carbonyl (C=O) groups excluding carboxylic acids is 2. The van der Waals surface area contributed by atoms with Gasteiger partial charge in [0.2, 0.25) is 11.8 Å². The smallest absolute Gasteiger partial charge is 0.355 e. The van der Waals surface area contributed by atoms with Gasteiger partial charge in [-0.15, -0.1) is 0 Å². The van der Waals surface area contributed by atoms with Crippen molar-refractivity contribution in [2.45, 2.75) is 32.6 Å². The molecular formula is C11H12N2O4S. The molecule has 0 aromatic carbocycles. The van der Waals surface area contributed by atoms with Gasteiger partial charge in [-0.25, -0.2) is 14.7 Å². The lowest BCUT2D eigenvalue weighted by molar-refractivity contribution is -0.121. The summed E-state index contributed by atoms with van der Waals surface area (Å²) >= 11 is 1.09. The fourth-order valence-electron chi connectivity index (χ4n) is 1.75. The number of hydrogen-bond acceptors (Lipinski definition) is 5. The maximum Gasteiger partial charge on any atom is 0.355 e. The molecule has 1 saturated heterocycles. The molecule has 0 atom stereocenters. The number of amides is 2. The number of hydrogen-bond donors (Lipinski definition) is 1. The second-order valence-electron chi connectivity index (χ2n) is 4.29. The number of thiazole rings is 1. The summed E-state index contributed by atoms with van der Waals surface area (Å²) in [5, 5.41) is 9.23. The van der Waals surface area contributed by atoms with E-state index in [4.69, 9.17) is 5.11 Å². The molecule has 0 bridgehead atoms. The Kier molecular flexibility index (Phi) is 3.16. The fraction of sp³-hybridized carbons (Fsp3) is 0.455. The van der Waals surface area contributed by atoms with Crippen LogP contribution in [0.3, 0.4) is 0 Å². The summed E-state index contributed by atoms with van der Waals surface area (Å²) in [6.45, 7) is 3.69. The Bertz CT molecular complexity index is 519. The third-order valence-corrected chi connectivity index (χ3v) is 3.95. The average Bonchev–Trinajstić information content (AvgIpc) is 2.83. The number of aromatic carboxylic acids is 1. The molecule has 1 aromatic heterocycles. The van der Waals surface area contributed by atoms with Crippen molar-refractivity contribution >= 4 is 34.3 Å². The van der Waals surface area contributed by atoms with E-state index >= 15 is 0 Å². The van der Waals surface area contributed by atoms with Crippen molar-refractivity contribution in [3.05, 3.63) is 10.6 Å². The summed E-state index contributed by atoms with van der Waals surface area (Å²) < 4.78 is 0. The highest BCUT2D eigenvalue weighted by molar-refractivity contribution is 7.16. The Morgan fingerprint density at radius 2 is 1.89 bits per heavy atom. The van der Waals surface area contributed by atoms with Gasteiger partial charge < -0.3 is 5.11 Å². The minimum Gasteiger partial charge on any atom is -0.476 e. The van der Waals surface area contributed by atoms with Gasteiger partial charge in [0.25, 0.3) is 0 Å². The van der Waals surface area contributed by atoms with Crippen LogP contribution in [0.5, 0.6) is 0 Å². The highest BCUT2D eigenvalue weighted by Gasteiger charge is 2.34. The lowest BCUT2D eigenvalue weighted by Gasteiger charge is -2.08. The van der Waals surface area contributed by atoms with Crippen molar-refractivity contribution < 1.29 is 19.5 Å². The third-order valence-electron chi connectivity index (χ3n) is 2.61. The van der Waals surface area contributed by atoms with E-state index in [1.165, 1.54) is 0 Å². The molecule has 2 amide bonds. The third kappa shape index (κ3) is 2.01. The summed E-state index contributed by atoms with van der Waals surface area (Å²) in [7, 11) is 0. The van der Waals surface area contributed by atoms with E-state index in [9.17, 15) is 14.4 Å². The molecule has 0 aliphatic carbocycles. The summed E-state index contributed by atoms with van der Waals surface area (Å²) in [6, 6.07) is 0. The zero-order valence-electron chi connectivity index (χ0n) is 9.97. The van der Waals surface area contributed by atoms with Crippen LogP contribution < -0.4 is 4.90 Å². The number of nitrogens with zero attached hydrogens (tertiary/aromatic N) is 2. The highest BCUT2D eigenvalue weighted by Crippen LogP contribution is 2.34. The summed E-state index contributed by atoms with van der Waals surface area (Å²) in [5.41, 5.74) is -0.0718. The molecule has 0 unspecified atom stereocenters. The molecule has 2 heterocycles. The lowest BCUT2D eigenvalue weighted by atomic mass is 10.1. The van der Waals surface area contributed by atoms with Gasteiger partial charge >= 0.3 is 5.97 Å². The second kappa shape index (κ2) is 4.49. The van der Waals surface area contributed by atoms with E-state index in [1.54, 1.807) is 0 Å². The molecule has 1 aliphatic rings. The van der Waals surface area contributed by atoms with Crippen molar-refractivity contribution in [1.29, 1.82) is 0 Å². The number of carboxylic acids is 1. The zero-order chi connectivity index (χ0) is 13.4. The van der Waals surface area contributed by atoms with Gasteiger partial charge in [-0.3, -0.25) is 9.59 Å². The van der Waals surface area contributed by atoms with Gasteiger partial charge in [0.1, 0.15) is 0 Å². The summed E-state index contributed by atoms with van der Waals surface area (Å²) in [6.07, 6.45) is 0.329. The quantitative estimate of drug-likeness (QED) is 0.841. The molecule has 1 fully saturated rings. The molecule has 96 valence electrons. The van der Waals surface area contributed by atoms with Gasteiger partial charge in [-0.1, -0.05) is 25.2 Å². The molecule has 1 N–H and O–H groups in total. The van der Waals surface area contributed by atoms with E-state index in [0.717, 1.165) is 16.2 Å². The van der Waals surface area contributed by atoms with E-state index in [2.05, 4.69) is 4.98 Å². The van der Waals surface area contributed by atoms with E-state index in [1.807, 2.05) is 13.8 Å². The topological polar surface area (TPSA) is 87.6 Å². The average molecular weight is 268 g/mol. The number of rotatable bonds is 3. The van der Waals surface area contributed by atoms with Gasteiger partial charge in [0.05, 0.1) is 0 Å². The van der Waals surface area contributed by atoms with Gasteiger partial charge in [0, 0.05) is 17.7 Å². The second-order valence-corrected chi connectivity index (χ2v) is 5.30. The molecule has 2 rings (SSSR count). The van der Waals surface area contributed by atoms with Crippen LogP contribution in [-0.4, -0.2) is 27.9 Å². The van der Waals surface area contributed by atoms with Crippen LogP contribution in [0.1, 0.15) is 48.0 Å². The fourth-order valence-corrected chi connectivity index (χ4v) is 2.84. The van der Waals surface area contributed by atoms with Crippen LogP contribution in [-0.2, 0) is 9.59 Å². The molecule has 1 aliphatic heterocycles. The first-order valence-corrected chi connectivity index (χ1v) is 6.33. The van der Waals surface area contributed by atoms with Crippen LogP contribution in [0.25, 0.3) is 0 Å². The number of carbonyl (C=O) groups is 3. The first kappa shape index (κ1) is 12.7. The van der Waals surface area contributed by atoms with Crippen molar-refractivity contribution in [3.63, 3.8) is 0 Å². The normalized spacial score (nSPS) is 15.8. The Morgan fingerprint density at radius 1 is 1.33 bits per heavy atom. The van der Waals surface area contributed by atoms with Crippen LogP contribution >= 0.6 is 11.3 Å². The number of imide groups is 1. The minimum absolute atomic E-state index is 0.0184. The van der Waals surface area contributed by atoms with Gasteiger partial charge in [-0.2, -0.15) is 0 Å². The first-order valence-electron chi connectivity index (χ1n) is 5.51. The van der Waals surface area contributed by atoms with Crippen LogP contribution in [0.2, 0.25) is 0 Å². The van der Waals surface area contributed by atoms with Crippen LogP contribution in [0.4, 0.5) is 5.13 Å². The molecule has 0 spiro atoms. The van der Waals surface area contributed by atoms with Crippen molar-refractivity contribution in [3.8, 4) is 0 Å². The Hall–Kier alpha value is -1.76. The van der Waals surface area contributed by atoms with Gasteiger partial charge in [-0.05, 0) is 5.92 Å². The number of anilines is 1. The van der Waals surface area contributed by atoms with Crippen molar-refractivity contribution in [1.82, 2.24) is 4.98 Å². The highest BCUT2D eigenvalue weighted by atomic mass is 32.1. The lowest BCUT2D eigenvalue weighted by Crippen LogP contribution is -2.28. The monoisotopic (exact) mass is 268 g/mol.